The van der Waals surface area contributed by atoms with Gasteiger partial charge in [-0.2, -0.15) is 0 Å². The molecule has 0 fully saturated rings. The van der Waals surface area contributed by atoms with Gasteiger partial charge in [0.2, 0.25) is 0 Å². The van der Waals surface area contributed by atoms with E-state index in [0.29, 0.717) is 6.54 Å². The van der Waals surface area contributed by atoms with Crippen LogP contribution in [-0.4, -0.2) is 22.8 Å². The largest absolute Gasteiger partial charge is 0.351 e. The van der Waals surface area contributed by atoms with Crippen molar-refractivity contribution in [3.63, 3.8) is 0 Å². The van der Waals surface area contributed by atoms with Crippen LogP contribution in [0.2, 0.25) is 5.02 Å². The highest BCUT2D eigenvalue weighted by Gasteiger charge is 2.12. The zero-order valence-corrected chi connectivity index (χ0v) is 14.3. The van der Waals surface area contributed by atoms with E-state index in [2.05, 4.69) is 5.32 Å². The van der Waals surface area contributed by atoms with E-state index in [0.717, 1.165) is 32.1 Å². The molecule has 1 heterocycles. The van der Waals surface area contributed by atoms with Gasteiger partial charge in [0.15, 0.2) is 0 Å². The van der Waals surface area contributed by atoms with E-state index in [-0.39, 0.29) is 5.91 Å². The smallest absolute Gasteiger partial charge is 0.253 e. The maximum Gasteiger partial charge on any atom is 0.253 e. The summed E-state index contributed by atoms with van der Waals surface area (Å²) in [5, 5.41) is 4.71. The normalized spacial score (nSPS) is 10.9. The van der Waals surface area contributed by atoms with Crippen LogP contribution in [0.4, 0.5) is 0 Å². The fourth-order valence-corrected chi connectivity index (χ4v) is 3.38. The SMILES string of the molecule is Cn1cc(C(=O)NCCSc2ccc(Cl)cc2)c2ccccc21. The van der Waals surface area contributed by atoms with Gasteiger partial charge in [0.25, 0.3) is 5.91 Å². The number of hydrogen-bond donors (Lipinski definition) is 1. The topological polar surface area (TPSA) is 34.0 Å². The van der Waals surface area contributed by atoms with E-state index in [1.165, 1.54) is 0 Å². The third-order valence-corrected chi connectivity index (χ3v) is 4.88. The van der Waals surface area contributed by atoms with Gasteiger partial charge in [0.1, 0.15) is 0 Å². The molecule has 3 rings (SSSR count). The van der Waals surface area contributed by atoms with E-state index in [9.17, 15) is 4.79 Å². The van der Waals surface area contributed by atoms with Gasteiger partial charge in [-0.1, -0.05) is 29.8 Å². The Labute approximate surface area is 144 Å². The molecule has 3 aromatic rings. The average molecular weight is 345 g/mol. The minimum atomic E-state index is -0.0292. The maximum atomic E-state index is 12.4. The molecule has 0 saturated carbocycles. The molecule has 0 bridgehead atoms. The number of benzene rings is 2. The lowest BCUT2D eigenvalue weighted by Crippen LogP contribution is -2.25. The standard InChI is InChI=1S/C18H17ClN2OS/c1-21-12-16(15-4-2-3-5-17(15)21)18(22)20-10-11-23-14-8-6-13(19)7-9-14/h2-9,12H,10-11H2,1H3,(H,20,22). The van der Waals surface area contributed by atoms with Crippen molar-refractivity contribution < 1.29 is 4.79 Å². The summed E-state index contributed by atoms with van der Waals surface area (Å²) in [6, 6.07) is 15.6. The molecule has 0 saturated heterocycles. The van der Waals surface area contributed by atoms with E-state index in [1.54, 1.807) is 11.8 Å². The molecule has 0 unspecified atom stereocenters. The van der Waals surface area contributed by atoms with Crippen molar-refractivity contribution in [1.82, 2.24) is 9.88 Å². The third kappa shape index (κ3) is 3.71. The van der Waals surface area contributed by atoms with Crippen molar-refractivity contribution in [2.24, 2.45) is 7.05 Å². The molecule has 1 amide bonds. The minimum absolute atomic E-state index is 0.0292. The van der Waals surface area contributed by atoms with Crippen LogP contribution in [0.1, 0.15) is 10.4 Å². The summed E-state index contributed by atoms with van der Waals surface area (Å²) in [4.78, 5) is 13.5. The Kier molecular flexibility index (Phi) is 4.94. The number of aromatic nitrogens is 1. The van der Waals surface area contributed by atoms with E-state index in [1.807, 2.05) is 66.3 Å². The van der Waals surface area contributed by atoms with Crippen LogP contribution in [0.5, 0.6) is 0 Å². The number of rotatable bonds is 5. The van der Waals surface area contributed by atoms with Crippen LogP contribution >= 0.6 is 23.4 Å². The van der Waals surface area contributed by atoms with Gasteiger partial charge in [-0.15, -0.1) is 11.8 Å². The predicted molar refractivity (Wildman–Crippen MR) is 97.4 cm³/mol. The highest BCUT2D eigenvalue weighted by atomic mass is 35.5. The highest BCUT2D eigenvalue weighted by molar-refractivity contribution is 7.99. The van der Waals surface area contributed by atoms with Gasteiger partial charge in [-0.05, 0) is 30.3 Å². The molecule has 0 spiro atoms. The molecule has 118 valence electrons. The number of nitrogens with one attached hydrogen (secondary N) is 1. The fourth-order valence-electron chi connectivity index (χ4n) is 2.48. The Hall–Kier alpha value is -1.91. The summed E-state index contributed by atoms with van der Waals surface area (Å²) in [5.41, 5.74) is 1.78. The molecule has 0 aliphatic carbocycles. The van der Waals surface area contributed by atoms with Crippen molar-refractivity contribution in [3.05, 3.63) is 65.3 Å². The lowest BCUT2D eigenvalue weighted by Gasteiger charge is -2.05. The summed E-state index contributed by atoms with van der Waals surface area (Å²) in [6.07, 6.45) is 1.88. The average Bonchev–Trinajstić information content (AvgIpc) is 2.91. The lowest BCUT2D eigenvalue weighted by molar-refractivity contribution is 0.0957. The van der Waals surface area contributed by atoms with E-state index >= 15 is 0 Å². The summed E-state index contributed by atoms with van der Waals surface area (Å²) in [7, 11) is 1.95. The van der Waals surface area contributed by atoms with Gasteiger partial charge in [0, 0.05) is 46.4 Å². The number of fused-ring (bicyclic) bond motifs is 1. The zero-order chi connectivity index (χ0) is 16.2. The molecular formula is C18H17ClN2OS. The van der Waals surface area contributed by atoms with Crippen molar-refractivity contribution in [3.8, 4) is 0 Å². The summed E-state index contributed by atoms with van der Waals surface area (Å²) < 4.78 is 1.98. The maximum absolute atomic E-state index is 12.4. The van der Waals surface area contributed by atoms with Crippen LogP contribution in [0, 0.1) is 0 Å². The summed E-state index contributed by atoms with van der Waals surface area (Å²) in [6.45, 7) is 0.620. The molecule has 0 atom stereocenters. The second-order valence-electron chi connectivity index (χ2n) is 5.23. The monoisotopic (exact) mass is 344 g/mol. The summed E-state index contributed by atoms with van der Waals surface area (Å²) >= 11 is 7.56. The van der Waals surface area contributed by atoms with E-state index in [4.69, 9.17) is 11.6 Å². The molecule has 3 nitrogen and oxygen atoms in total. The first kappa shape index (κ1) is 16.0. The third-order valence-electron chi connectivity index (χ3n) is 3.61. The second-order valence-corrected chi connectivity index (χ2v) is 6.83. The van der Waals surface area contributed by atoms with Crippen molar-refractivity contribution in [2.45, 2.75) is 4.90 Å². The van der Waals surface area contributed by atoms with E-state index < -0.39 is 0 Å². The Morgan fingerprint density at radius 1 is 1.17 bits per heavy atom. The van der Waals surface area contributed by atoms with Crippen LogP contribution in [-0.2, 0) is 7.05 Å². The fraction of sp³-hybridized carbons (Fsp3) is 0.167. The molecule has 2 aromatic carbocycles. The van der Waals surface area contributed by atoms with Crippen LogP contribution in [0.15, 0.2) is 59.6 Å². The van der Waals surface area contributed by atoms with Gasteiger partial charge in [-0.25, -0.2) is 0 Å². The Balaban J connectivity index is 1.57. The number of carbonyl (C=O) groups is 1. The second kappa shape index (κ2) is 7.11. The first-order valence-electron chi connectivity index (χ1n) is 7.36. The van der Waals surface area contributed by atoms with Crippen LogP contribution in [0.3, 0.4) is 0 Å². The number of hydrogen-bond acceptors (Lipinski definition) is 2. The van der Waals surface area contributed by atoms with Gasteiger partial charge < -0.3 is 9.88 Å². The molecule has 0 aliphatic heterocycles. The highest BCUT2D eigenvalue weighted by Crippen LogP contribution is 2.21. The zero-order valence-electron chi connectivity index (χ0n) is 12.8. The van der Waals surface area contributed by atoms with Crippen LogP contribution < -0.4 is 5.32 Å². The minimum Gasteiger partial charge on any atom is -0.351 e. The number of aryl methyl sites for hydroxylation is 1. The molecule has 0 aliphatic rings. The molecule has 1 aromatic heterocycles. The first-order chi connectivity index (χ1) is 11.1. The first-order valence-corrected chi connectivity index (χ1v) is 8.72. The molecule has 5 heteroatoms. The summed E-state index contributed by atoms with van der Waals surface area (Å²) in [5.74, 6) is 0.788. The Morgan fingerprint density at radius 2 is 1.91 bits per heavy atom. The predicted octanol–water partition coefficient (Wildman–Crippen LogP) is 4.35. The van der Waals surface area contributed by atoms with Crippen LogP contribution in [0.25, 0.3) is 10.9 Å². The molecule has 0 radical (unpaired) electrons. The van der Waals surface area contributed by atoms with Crippen molar-refractivity contribution >= 4 is 40.2 Å². The number of halogens is 1. The van der Waals surface area contributed by atoms with Gasteiger partial charge >= 0.3 is 0 Å². The number of amides is 1. The Bertz CT molecular complexity index is 827. The number of nitrogens with zero attached hydrogens (tertiary/aromatic N) is 1. The molecule has 1 N–H and O–H groups in total. The van der Waals surface area contributed by atoms with Crippen molar-refractivity contribution in [1.29, 1.82) is 0 Å². The number of thioether (sulfide) groups is 1. The quantitative estimate of drug-likeness (QED) is 0.551. The van der Waals surface area contributed by atoms with Gasteiger partial charge in [-0.3, -0.25) is 4.79 Å². The lowest BCUT2D eigenvalue weighted by atomic mass is 10.1. The Morgan fingerprint density at radius 3 is 2.70 bits per heavy atom. The molecular weight excluding hydrogens is 328 g/mol. The number of carbonyl (C=O) groups excluding carboxylic acids is 1. The molecule has 23 heavy (non-hydrogen) atoms. The number of para-hydroxylation sites is 1. The van der Waals surface area contributed by atoms with Gasteiger partial charge in [0.05, 0.1) is 5.56 Å². The van der Waals surface area contributed by atoms with Crippen molar-refractivity contribution in [2.75, 3.05) is 12.3 Å².